The number of benzene rings is 9. The number of rotatable bonds is 12. The topological polar surface area (TPSA) is 125 Å². The van der Waals surface area contributed by atoms with Gasteiger partial charge in [0.1, 0.15) is 45.9 Å². The summed E-state index contributed by atoms with van der Waals surface area (Å²) in [6, 6.07) is 97.3. The minimum absolute atomic E-state index is 0.797. The monoisotopic (exact) mass is 1160 g/mol. The maximum absolute atomic E-state index is 5.19. The first kappa shape index (κ1) is 51.8. The van der Waals surface area contributed by atoms with Crippen LogP contribution in [0.5, 0.6) is 0 Å². The Morgan fingerprint density at radius 1 is 0.278 bits per heavy atom. The molecular formula is C78H51N12+. The van der Waals surface area contributed by atoms with Crippen LogP contribution >= 0.6 is 0 Å². The molecule has 0 bridgehead atoms. The second-order valence-corrected chi connectivity index (χ2v) is 22.1. The molecular weight excluding hydrogens is 1100 g/mol. The van der Waals surface area contributed by atoms with Crippen LogP contribution < -0.4 is 4.57 Å². The summed E-state index contributed by atoms with van der Waals surface area (Å²) in [5, 5.41) is 0. The van der Waals surface area contributed by atoms with Gasteiger partial charge in [-0.15, -0.1) is 4.98 Å². The fourth-order valence-electron chi connectivity index (χ4n) is 12.5. The third-order valence-electron chi connectivity index (χ3n) is 16.8. The standard InChI is InChI=1S/C78H50N12/c1-5-17-59(18-6-1)87-71(83-67-25-13-45-79-75(67)87)55-37-29-51(30-38-55)63-49-65(53-33-41-57(42-34-53)73-85-69-27-15-47-81-77(69)89(73)61-21-9-3-10-22-61)66(54-35-43-58(44-36-54)74-86-70-28-16-48-82-78(70)90(74)62-23-11-4-12-24-62)50-64(63)52-31-39-56(40-32-52)72-84-68-26-14-46-80-76(68)88(72)60-19-7-2-8-20-60/h1-50H/p+1. The predicted octanol–water partition coefficient (Wildman–Crippen LogP) is 17.4. The predicted molar refractivity (Wildman–Crippen MR) is 358 cm³/mol. The second kappa shape index (κ2) is 21.8. The molecule has 0 spiro atoms. The van der Waals surface area contributed by atoms with Gasteiger partial charge in [-0.3, -0.25) is 18.7 Å². The van der Waals surface area contributed by atoms with E-state index < -0.39 is 0 Å². The van der Waals surface area contributed by atoms with Crippen molar-refractivity contribution in [1.29, 1.82) is 0 Å². The molecule has 0 fully saturated rings. The molecule has 17 aromatic rings. The summed E-state index contributed by atoms with van der Waals surface area (Å²) >= 11 is 0. The number of nitrogens with zero attached hydrogens (tertiary/aromatic N) is 11. The number of aromatic amines is 1. The molecule has 12 heteroatoms. The van der Waals surface area contributed by atoms with Gasteiger partial charge in [0.05, 0.1) is 0 Å². The van der Waals surface area contributed by atoms with E-state index in [1.165, 1.54) is 0 Å². The molecule has 9 aromatic carbocycles. The number of nitrogens with one attached hydrogen (secondary N) is 1. The van der Waals surface area contributed by atoms with E-state index >= 15 is 0 Å². The number of pyridine rings is 4. The Morgan fingerprint density at radius 3 is 0.956 bits per heavy atom. The van der Waals surface area contributed by atoms with Gasteiger partial charge in [0.2, 0.25) is 5.82 Å². The summed E-state index contributed by atoms with van der Waals surface area (Å²) in [4.78, 5) is 38.6. The van der Waals surface area contributed by atoms with Crippen molar-refractivity contribution in [3.05, 3.63) is 304 Å². The molecule has 0 amide bonds. The lowest BCUT2D eigenvalue weighted by molar-refractivity contribution is -0.557. The van der Waals surface area contributed by atoms with Crippen molar-refractivity contribution in [2.45, 2.75) is 0 Å². The fraction of sp³-hybridized carbons (Fsp3) is 0. The van der Waals surface area contributed by atoms with Crippen LogP contribution in [0.15, 0.2) is 304 Å². The Labute approximate surface area is 516 Å². The quantitative estimate of drug-likeness (QED) is 0.121. The van der Waals surface area contributed by atoms with Gasteiger partial charge in [-0.05, 0) is 166 Å². The summed E-state index contributed by atoms with van der Waals surface area (Å²) in [6.45, 7) is 0. The van der Waals surface area contributed by atoms with Crippen molar-refractivity contribution in [2.75, 3.05) is 0 Å². The summed E-state index contributed by atoms with van der Waals surface area (Å²) in [5.74, 6) is 3.36. The smallest absolute Gasteiger partial charge is 0.277 e. The van der Waals surface area contributed by atoms with Crippen LogP contribution in [0.25, 0.3) is 157 Å². The summed E-state index contributed by atoms with van der Waals surface area (Å²) in [5.41, 5.74) is 22.9. The molecule has 12 nitrogen and oxygen atoms in total. The van der Waals surface area contributed by atoms with Crippen molar-refractivity contribution >= 4 is 44.7 Å². The molecule has 90 heavy (non-hydrogen) atoms. The van der Waals surface area contributed by atoms with E-state index in [1.807, 2.05) is 128 Å². The number of hydrogen-bond acceptors (Lipinski definition) is 7. The van der Waals surface area contributed by atoms with Gasteiger partial charge < -0.3 is 0 Å². The van der Waals surface area contributed by atoms with Gasteiger partial charge in [0, 0.05) is 57.9 Å². The third-order valence-corrected chi connectivity index (χ3v) is 16.8. The molecule has 0 atom stereocenters. The summed E-state index contributed by atoms with van der Waals surface area (Å²) < 4.78 is 8.62. The highest BCUT2D eigenvalue weighted by molar-refractivity contribution is 5.97. The average Bonchev–Trinajstić information content (AvgIpc) is 1.53. The molecule has 0 aliphatic carbocycles. The van der Waals surface area contributed by atoms with E-state index in [2.05, 4.69) is 199 Å². The van der Waals surface area contributed by atoms with Crippen LogP contribution in [-0.2, 0) is 0 Å². The first-order valence-electron chi connectivity index (χ1n) is 29.9. The van der Waals surface area contributed by atoms with Crippen LogP contribution in [0.1, 0.15) is 0 Å². The Hall–Kier alpha value is -12.5. The number of hydrogen-bond donors (Lipinski definition) is 1. The van der Waals surface area contributed by atoms with Crippen molar-refractivity contribution in [1.82, 2.24) is 53.6 Å². The van der Waals surface area contributed by atoms with Gasteiger partial charge in [-0.25, -0.2) is 29.9 Å². The SMILES string of the molecule is c1ccc(-n2c(-c3ccc(-c4cc(-c5ccc(-c6nc7cccnc7n6-c6ccccc6)cc5)c(-c5ccc(-c6[nH]c7cccnc7[n+]6-c6ccccc6)cc5)cc4-c4ccc(-c5nc6cccnc6n5-c5ccccc5)cc4)cc3)nc3cccnc32)cc1. The number of para-hydroxylation sites is 4. The molecule has 422 valence electrons. The number of fused-ring (bicyclic) bond motifs is 4. The lowest BCUT2D eigenvalue weighted by Gasteiger charge is -2.19. The summed E-state index contributed by atoms with van der Waals surface area (Å²) in [6.07, 6.45) is 7.32. The Balaban J connectivity index is 0.861. The second-order valence-electron chi connectivity index (χ2n) is 22.1. The maximum Gasteiger partial charge on any atom is 0.306 e. The molecule has 0 saturated heterocycles. The zero-order valence-electron chi connectivity index (χ0n) is 48.3. The minimum atomic E-state index is 0.797. The van der Waals surface area contributed by atoms with Crippen molar-refractivity contribution in [3.8, 4) is 113 Å². The normalized spacial score (nSPS) is 11.6. The van der Waals surface area contributed by atoms with E-state index in [0.717, 1.165) is 157 Å². The molecule has 0 saturated carbocycles. The average molecular weight is 1160 g/mol. The van der Waals surface area contributed by atoms with Crippen molar-refractivity contribution in [3.63, 3.8) is 0 Å². The number of aromatic nitrogens is 12. The van der Waals surface area contributed by atoms with E-state index in [-0.39, 0.29) is 0 Å². The van der Waals surface area contributed by atoms with Gasteiger partial charge in [0.15, 0.2) is 22.5 Å². The highest BCUT2D eigenvalue weighted by atomic mass is 15.2. The van der Waals surface area contributed by atoms with E-state index in [9.17, 15) is 0 Å². The van der Waals surface area contributed by atoms with Crippen LogP contribution in [0, 0.1) is 0 Å². The molecule has 1 N–H and O–H groups in total. The third kappa shape index (κ3) is 9.01. The van der Waals surface area contributed by atoms with Crippen molar-refractivity contribution in [2.24, 2.45) is 0 Å². The highest BCUT2D eigenvalue weighted by Gasteiger charge is 2.25. The Kier molecular flexibility index (Phi) is 12.5. The van der Waals surface area contributed by atoms with Crippen LogP contribution in [-0.4, -0.2) is 53.6 Å². The van der Waals surface area contributed by atoms with Gasteiger partial charge in [0.25, 0.3) is 0 Å². The Bertz CT molecular complexity index is 4800. The molecule has 8 aromatic heterocycles. The fourth-order valence-corrected chi connectivity index (χ4v) is 12.5. The molecule has 0 aliphatic heterocycles. The maximum atomic E-state index is 5.19. The molecule has 0 radical (unpaired) electrons. The lowest BCUT2D eigenvalue weighted by atomic mass is 9.85. The first-order chi connectivity index (χ1) is 44.6. The number of H-pyrrole nitrogens is 1. The number of imidazole rings is 4. The molecule has 17 rings (SSSR count). The lowest BCUT2D eigenvalue weighted by Crippen LogP contribution is -2.32. The Morgan fingerprint density at radius 2 is 0.589 bits per heavy atom. The van der Waals surface area contributed by atoms with E-state index in [4.69, 9.17) is 34.9 Å². The zero-order chi connectivity index (χ0) is 59.5. The molecule has 0 aliphatic rings. The molecule has 0 unspecified atom stereocenters. The van der Waals surface area contributed by atoms with Crippen LogP contribution in [0.3, 0.4) is 0 Å². The minimum Gasteiger partial charge on any atom is -0.277 e. The zero-order valence-corrected chi connectivity index (χ0v) is 48.3. The largest absolute Gasteiger partial charge is 0.306 e. The van der Waals surface area contributed by atoms with Crippen molar-refractivity contribution < 1.29 is 4.57 Å². The van der Waals surface area contributed by atoms with Gasteiger partial charge in [-0.1, -0.05) is 158 Å². The first-order valence-corrected chi connectivity index (χ1v) is 29.9. The summed E-state index contributed by atoms with van der Waals surface area (Å²) in [7, 11) is 0. The van der Waals surface area contributed by atoms with Gasteiger partial charge in [-0.2, -0.15) is 4.57 Å². The van der Waals surface area contributed by atoms with E-state index in [0.29, 0.717) is 0 Å². The molecule has 8 heterocycles. The van der Waals surface area contributed by atoms with E-state index in [1.54, 1.807) is 0 Å². The van der Waals surface area contributed by atoms with Crippen LogP contribution in [0.2, 0.25) is 0 Å². The van der Waals surface area contributed by atoms with Gasteiger partial charge >= 0.3 is 5.65 Å². The highest BCUT2D eigenvalue weighted by Crippen LogP contribution is 2.45. The van der Waals surface area contributed by atoms with Crippen LogP contribution in [0.4, 0.5) is 0 Å².